The fourth-order valence-corrected chi connectivity index (χ4v) is 4.21. The van der Waals surface area contributed by atoms with Crippen molar-refractivity contribution in [3.8, 4) is 0 Å². The van der Waals surface area contributed by atoms with E-state index in [0.717, 1.165) is 10.2 Å². The van der Waals surface area contributed by atoms with E-state index in [1.807, 2.05) is 19.1 Å². The molecule has 11 heteroatoms. The highest BCUT2D eigenvalue weighted by Crippen LogP contribution is 2.44. The number of benzene rings is 1. The number of hydrogen-bond donors (Lipinski definition) is 1. The number of nitrogens with zero attached hydrogens (tertiary/aromatic N) is 4. The van der Waals surface area contributed by atoms with Gasteiger partial charge in [0, 0.05) is 32.6 Å². The molecule has 1 fully saturated rings. The highest BCUT2D eigenvalue weighted by molar-refractivity contribution is 5.99. The predicted molar refractivity (Wildman–Crippen MR) is 114 cm³/mol. The molecule has 1 N–H and O–H groups in total. The van der Waals surface area contributed by atoms with Gasteiger partial charge in [-0.3, -0.25) is 4.79 Å². The molecular weight excluding hydrogens is 439 g/mol. The van der Waals surface area contributed by atoms with Crippen molar-refractivity contribution < 1.29 is 27.5 Å². The maximum Gasteiger partial charge on any atom is 0.410 e. The minimum absolute atomic E-state index is 0.0620. The fourth-order valence-electron chi connectivity index (χ4n) is 4.21. The Balaban J connectivity index is 1.57. The topological polar surface area (TPSA) is 79.7 Å². The summed E-state index contributed by atoms with van der Waals surface area (Å²) in [7, 11) is 0. The van der Waals surface area contributed by atoms with Crippen LogP contribution in [0.4, 0.5) is 23.8 Å². The first-order valence-corrected chi connectivity index (χ1v) is 10.9. The van der Waals surface area contributed by atoms with E-state index < -0.39 is 30.3 Å². The first kappa shape index (κ1) is 22.9. The quantitative estimate of drug-likeness (QED) is 0.747. The molecule has 2 aromatic rings. The van der Waals surface area contributed by atoms with Crippen LogP contribution in [0, 0.1) is 6.92 Å². The zero-order valence-corrected chi connectivity index (χ0v) is 18.4. The molecule has 0 bridgehead atoms. The van der Waals surface area contributed by atoms with E-state index in [4.69, 9.17) is 4.74 Å². The standard InChI is InChI=1S/C22H26F3N5O3/c1-3-33-21(32)29-10-8-28(9-11-29)20(31)16-13-26-30-18(22(23,24)25)12-17(27-19(16)30)15-6-4-14(2)5-7-15/h4-7,13,17-18,27H,3,8-12H2,1-2H3/t17-,18-/m0/s1. The summed E-state index contributed by atoms with van der Waals surface area (Å²) in [5, 5.41) is 7.05. The Morgan fingerprint density at radius 3 is 2.36 bits per heavy atom. The van der Waals surface area contributed by atoms with Gasteiger partial charge in [0.15, 0.2) is 6.04 Å². The number of piperazine rings is 1. The molecule has 3 heterocycles. The van der Waals surface area contributed by atoms with E-state index in [2.05, 4.69) is 10.4 Å². The monoisotopic (exact) mass is 465 g/mol. The Kier molecular flexibility index (Phi) is 6.22. The number of alkyl halides is 3. The van der Waals surface area contributed by atoms with Gasteiger partial charge in [0.1, 0.15) is 11.4 Å². The van der Waals surface area contributed by atoms with Crippen LogP contribution in [-0.2, 0) is 4.74 Å². The number of aryl methyl sites for hydroxylation is 1. The van der Waals surface area contributed by atoms with Gasteiger partial charge in [-0.1, -0.05) is 29.8 Å². The highest BCUT2D eigenvalue weighted by atomic mass is 19.4. The van der Waals surface area contributed by atoms with Crippen molar-refractivity contribution in [3.63, 3.8) is 0 Å². The number of hydrogen-bond acceptors (Lipinski definition) is 5. The number of carbonyl (C=O) groups excluding carboxylic acids is 2. The molecule has 0 radical (unpaired) electrons. The third-order valence-corrected chi connectivity index (χ3v) is 6.04. The predicted octanol–water partition coefficient (Wildman–Crippen LogP) is 3.77. The summed E-state index contributed by atoms with van der Waals surface area (Å²) in [4.78, 5) is 28.1. The van der Waals surface area contributed by atoms with Crippen LogP contribution in [0.15, 0.2) is 30.5 Å². The van der Waals surface area contributed by atoms with Crippen molar-refractivity contribution in [3.05, 3.63) is 47.2 Å². The Labute approximate surface area is 189 Å². The normalized spacial score (nSPS) is 20.8. The smallest absolute Gasteiger partial charge is 0.410 e. The lowest BCUT2D eigenvalue weighted by atomic mass is 9.96. The molecule has 8 nitrogen and oxygen atoms in total. The van der Waals surface area contributed by atoms with E-state index in [9.17, 15) is 22.8 Å². The van der Waals surface area contributed by atoms with Gasteiger partial charge in [-0.2, -0.15) is 18.3 Å². The van der Waals surface area contributed by atoms with E-state index in [-0.39, 0.29) is 37.5 Å². The maximum absolute atomic E-state index is 13.9. The number of aromatic nitrogens is 2. The largest absolute Gasteiger partial charge is 0.450 e. The van der Waals surface area contributed by atoms with Gasteiger partial charge in [0.25, 0.3) is 5.91 Å². The molecule has 178 valence electrons. The minimum atomic E-state index is -4.52. The van der Waals surface area contributed by atoms with Crippen LogP contribution in [0.3, 0.4) is 0 Å². The Bertz CT molecular complexity index is 1010. The lowest BCUT2D eigenvalue weighted by Gasteiger charge is -2.36. The first-order chi connectivity index (χ1) is 15.7. The lowest BCUT2D eigenvalue weighted by Crippen LogP contribution is -2.50. The van der Waals surface area contributed by atoms with E-state index in [0.29, 0.717) is 18.7 Å². The van der Waals surface area contributed by atoms with Crippen molar-refractivity contribution in [2.45, 2.75) is 38.5 Å². The Morgan fingerprint density at radius 1 is 1.12 bits per heavy atom. The molecule has 0 saturated carbocycles. The molecular formula is C22H26F3N5O3. The summed E-state index contributed by atoms with van der Waals surface area (Å²) in [5.74, 6) is -0.357. The maximum atomic E-state index is 13.9. The van der Waals surface area contributed by atoms with Gasteiger partial charge in [-0.15, -0.1) is 0 Å². The van der Waals surface area contributed by atoms with Crippen LogP contribution < -0.4 is 5.32 Å². The van der Waals surface area contributed by atoms with Gasteiger partial charge >= 0.3 is 12.3 Å². The number of nitrogens with one attached hydrogen (secondary N) is 1. The summed E-state index contributed by atoms with van der Waals surface area (Å²) >= 11 is 0. The number of carbonyl (C=O) groups is 2. The first-order valence-electron chi connectivity index (χ1n) is 10.9. The Hall–Kier alpha value is -3.24. The van der Waals surface area contributed by atoms with Crippen LogP contribution in [0.2, 0.25) is 0 Å². The minimum Gasteiger partial charge on any atom is -0.450 e. The summed E-state index contributed by atoms with van der Waals surface area (Å²) in [5.41, 5.74) is 1.80. The second-order valence-corrected chi connectivity index (χ2v) is 8.23. The summed E-state index contributed by atoms with van der Waals surface area (Å²) < 4.78 is 47.5. The van der Waals surface area contributed by atoms with Crippen LogP contribution in [0.25, 0.3) is 0 Å². The molecule has 2 aliphatic heterocycles. The third-order valence-electron chi connectivity index (χ3n) is 6.04. The van der Waals surface area contributed by atoms with Crippen molar-refractivity contribution in [1.29, 1.82) is 0 Å². The average molecular weight is 465 g/mol. The van der Waals surface area contributed by atoms with E-state index in [1.54, 1.807) is 19.1 Å². The molecule has 2 aliphatic rings. The van der Waals surface area contributed by atoms with Crippen molar-refractivity contribution in [2.75, 3.05) is 38.1 Å². The van der Waals surface area contributed by atoms with Gasteiger partial charge in [0.05, 0.1) is 18.8 Å². The molecule has 1 aromatic carbocycles. The number of ether oxygens (including phenoxy) is 1. The molecule has 0 spiro atoms. The number of anilines is 1. The molecule has 2 amide bonds. The number of halogens is 3. The van der Waals surface area contributed by atoms with Crippen molar-refractivity contribution in [2.24, 2.45) is 0 Å². The summed E-state index contributed by atoms with van der Waals surface area (Å²) in [6, 6.07) is 4.82. The third kappa shape index (κ3) is 4.62. The number of fused-ring (bicyclic) bond motifs is 1. The van der Waals surface area contributed by atoms with Gasteiger partial charge in [-0.05, 0) is 19.4 Å². The molecule has 1 aromatic heterocycles. The second-order valence-electron chi connectivity index (χ2n) is 8.23. The van der Waals surface area contributed by atoms with Gasteiger partial charge in [0.2, 0.25) is 0 Å². The van der Waals surface area contributed by atoms with Crippen molar-refractivity contribution >= 4 is 17.8 Å². The van der Waals surface area contributed by atoms with E-state index >= 15 is 0 Å². The highest BCUT2D eigenvalue weighted by Gasteiger charge is 2.47. The van der Waals surface area contributed by atoms with Crippen LogP contribution >= 0.6 is 0 Å². The van der Waals surface area contributed by atoms with Gasteiger partial charge in [-0.25, -0.2) is 9.48 Å². The van der Waals surface area contributed by atoms with Gasteiger partial charge < -0.3 is 19.9 Å². The zero-order valence-electron chi connectivity index (χ0n) is 18.4. The molecule has 0 unspecified atom stereocenters. The SMILES string of the molecule is CCOC(=O)N1CCN(C(=O)c2cnn3c2N[C@H](c2ccc(C)cc2)C[C@H]3C(F)(F)F)CC1. The number of amides is 2. The van der Waals surface area contributed by atoms with E-state index in [1.165, 1.54) is 16.0 Å². The zero-order chi connectivity index (χ0) is 23.8. The number of rotatable bonds is 3. The van der Waals surface area contributed by atoms with Crippen LogP contribution in [-0.4, -0.2) is 70.5 Å². The lowest BCUT2D eigenvalue weighted by molar-refractivity contribution is -0.173. The molecule has 33 heavy (non-hydrogen) atoms. The van der Waals surface area contributed by atoms with Crippen LogP contribution in [0.5, 0.6) is 0 Å². The van der Waals surface area contributed by atoms with Crippen LogP contribution in [0.1, 0.15) is 46.9 Å². The molecule has 1 saturated heterocycles. The second kappa shape index (κ2) is 8.95. The fraction of sp³-hybridized carbons (Fsp3) is 0.500. The molecule has 4 rings (SSSR count). The Morgan fingerprint density at radius 2 is 1.76 bits per heavy atom. The average Bonchev–Trinajstić information content (AvgIpc) is 3.22. The molecule has 0 aliphatic carbocycles. The van der Waals surface area contributed by atoms with Crippen molar-refractivity contribution in [1.82, 2.24) is 19.6 Å². The summed E-state index contributed by atoms with van der Waals surface area (Å²) in [6.07, 6.45) is -3.99. The molecule has 2 atom stereocenters. The summed E-state index contributed by atoms with van der Waals surface area (Å²) in [6.45, 7) is 4.97.